The molecule has 5 heteroatoms. The van der Waals surface area contributed by atoms with Crippen molar-refractivity contribution < 1.29 is 14.3 Å². The molecule has 142 valence electrons. The maximum atomic E-state index is 12.5. The topological polar surface area (TPSA) is 72.1 Å². The van der Waals surface area contributed by atoms with E-state index in [9.17, 15) is 9.59 Å². The van der Waals surface area contributed by atoms with Crippen LogP contribution in [0, 0.1) is 5.92 Å². The average molecular weight is 358 g/mol. The van der Waals surface area contributed by atoms with Crippen LogP contribution in [-0.4, -0.2) is 28.8 Å². The van der Waals surface area contributed by atoms with Gasteiger partial charge in [-0.25, -0.2) is 9.78 Å². The van der Waals surface area contributed by atoms with E-state index >= 15 is 0 Å². The third-order valence-corrected chi connectivity index (χ3v) is 4.97. The van der Waals surface area contributed by atoms with Crippen molar-refractivity contribution in [1.29, 1.82) is 0 Å². The summed E-state index contributed by atoms with van der Waals surface area (Å²) in [5.74, 6) is 0.128. The minimum absolute atomic E-state index is 0.228. The van der Waals surface area contributed by atoms with E-state index in [1.165, 1.54) is 38.5 Å². The quantitative estimate of drug-likeness (QED) is 0.317. The van der Waals surface area contributed by atoms with Gasteiger partial charge >= 0.3 is 5.97 Å². The molecule has 0 aliphatic rings. The lowest BCUT2D eigenvalue weighted by Crippen LogP contribution is -2.11. The summed E-state index contributed by atoms with van der Waals surface area (Å²) in [6.45, 7) is 4.80. The molecule has 2 aromatic rings. The number of nitrogens with one attached hydrogen (secondary N) is 1. The molecule has 0 spiro atoms. The van der Waals surface area contributed by atoms with E-state index in [1.807, 2.05) is 0 Å². The van der Waals surface area contributed by atoms with Crippen LogP contribution >= 0.6 is 0 Å². The number of H-pyrrole nitrogens is 1. The van der Waals surface area contributed by atoms with Gasteiger partial charge < -0.3 is 9.72 Å². The highest BCUT2D eigenvalue weighted by Crippen LogP contribution is 2.22. The standard InChI is InChI=1S/C21H30N2O3/c1-3-5-6-7-8-10-16(4-2)12-14-26-21(25)19-17-11-9-13-22-20(17)23-18(19)15-24/h9,11,13,15-16H,3-8,10,12,14H2,1-2H3,(H,22,23). The van der Waals surface area contributed by atoms with E-state index in [1.54, 1.807) is 18.3 Å². The second-order valence-electron chi connectivity index (χ2n) is 6.83. The van der Waals surface area contributed by atoms with Gasteiger partial charge in [-0.05, 0) is 24.5 Å². The summed E-state index contributed by atoms with van der Waals surface area (Å²) in [6, 6.07) is 3.51. The zero-order valence-electron chi connectivity index (χ0n) is 15.9. The number of aldehydes is 1. The highest BCUT2D eigenvalue weighted by Gasteiger charge is 2.20. The Morgan fingerprint density at radius 1 is 1.23 bits per heavy atom. The fraction of sp³-hybridized carbons (Fsp3) is 0.571. The number of fused-ring (bicyclic) bond motifs is 1. The molecule has 2 rings (SSSR count). The van der Waals surface area contributed by atoms with E-state index in [-0.39, 0.29) is 11.3 Å². The van der Waals surface area contributed by atoms with Crippen molar-refractivity contribution in [2.45, 2.75) is 65.2 Å². The van der Waals surface area contributed by atoms with E-state index in [0.717, 1.165) is 12.8 Å². The first-order valence-corrected chi connectivity index (χ1v) is 9.80. The number of unbranched alkanes of at least 4 members (excludes halogenated alkanes) is 4. The number of aromatic amines is 1. The van der Waals surface area contributed by atoms with Crippen LogP contribution in [0.4, 0.5) is 0 Å². The van der Waals surface area contributed by atoms with Gasteiger partial charge in [0.1, 0.15) is 5.65 Å². The normalized spacial score (nSPS) is 12.2. The molecule has 5 nitrogen and oxygen atoms in total. The maximum absolute atomic E-state index is 12.5. The molecule has 26 heavy (non-hydrogen) atoms. The molecule has 0 amide bonds. The van der Waals surface area contributed by atoms with Gasteiger partial charge in [-0.2, -0.15) is 0 Å². The Morgan fingerprint density at radius 3 is 2.77 bits per heavy atom. The molecule has 1 unspecified atom stereocenters. The van der Waals surface area contributed by atoms with Crippen molar-refractivity contribution in [3.8, 4) is 0 Å². The first-order chi connectivity index (χ1) is 12.7. The highest BCUT2D eigenvalue weighted by atomic mass is 16.5. The molecule has 2 heterocycles. The lowest BCUT2D eigenvalue weighted by Gasteiger charge is -2.14. The zero-order valence-corrected chi connectivity index (χ0v) is 15.9. The molecule has 0 bridgehead atoms. The summed E-state index contributed by atoms with van der Waals surface area (Å²) in [5, 5.41) is 0.627. The number of hydrogen-bond donors (Lipinski definition) is 1. The van der Waals surface area contributed by atoms with Crippen LogP contribution in [0.1, 0.15) is 86.1 Å². The lowest BCUT2D eigenvalue weighted by molar-refractivity contribution is 0.0480. The zero-order chi connectivity index (χ0) is 18.8. The molecular weight excluding hydrogens is 328 g/mol. The first-order valence-electron chi connectivity index (χ1n) is 9.80. The molecule has 1 N–H and O–H groups in total. The Morgan fingerprint density at radius 2 is 2.04 bits per heavy atom. The third kappa shape index (κ3) is 5.41. The van der Waals surface area contributed by atoms with Crippen molar-refractivity contribution in [2.24, 2.45) is 5.92 Å². The van der Waals surface area contributed by atoms with Crippen LogP contribution in [0.2, 0.25) is 0 Å². The van der Waals surface area contributed by atoms with Gasteiger partial charge in [-0.3, -0.25) is 4.79 Å². The molecule has 2 aromatic heterocycles. The predicted molar refractivity (Wildman–Crippen MR) is 104 cm³/mol. The Balaban J connectivity index is 1.85. The summed E-state index contributed by atoms with van der Waals surface area (Å²) >= 11 is 0. The van der Waals surface area contributed by atoms with Crippen LogP contribution in [0.15, 0.2) is 18.3 Å². The molecule has 0 aliphatic heterocycles. The van der Waals surface area contributed by atoms with Crippen molar-refractivity contribution in [3.05, 3.63) is 29.6 Å². The Labute approximate surface area is 155 Å². The van der Waals surface area contributed by atoms with E-state index in [0.29, 0.717) is 29.8 Å². The number of carbonyl (C=O) groups is 2. The Hall–Kier alpha value is -2.17. The highest BCUT2D eigenvalue weighted by molar-refractivity contribution is 6.09. The fourth-order valence-corrected chi connectivity index (χ4v) is 3.33. The van der Waals surface area contributed by atoms with Crippen molar-refractivity contribution in [2.75, 3.05) is 6.61 Å². The van der Waals surface area contributed by atoms with Crippen LogP contribution in [0.25, 0.3) is 11.0 Å². The summed E-state index contributed by atoms with van der Waals surface area (Å²) in [5.41, 5.74) is 1.04. The fourth-order valence-electron chi connectivity index (χ4n) is 3.33. The van der Waals surface area contributed by atoms with Gasteiger partial charge in [0, 0.05) is 11.6 Å². The van der Waals surface area contributed by atoms with E-state index in [2.05, 4.69) is 23.8 Å². The minimum Gasteiger partial charge on any atom is -0.462 e. The largest absolute Gasteiger partial charge is 0.462 e. The van der Waals surface area contributed by atoms with Crippen molar-refractivity contribution in [1.82, 2.24) is 9.97 Å². The second-order valence-corrected chi connectivity index (χ2v) is 6.83. The van der Waals surface area contributed by atoms with E-state index in [4.69, 9.17) is 4.74 Å². The molecule has 0 saturated carbocycles. The monoisotopic (exact) mass is 358 g/mol. The molecule has 0 aromatic carbocycles. The van der Waals surface area contributed by atoms with Gasteiger partial charge in [0.15, 0.2) is 6.29 Å². The number of carbonyl (C=O) groups excluding carboxylic acids is 2. The number of esters is 1. The van der Waals surface area contributed by atoms with Gasteiger partial charge in [0.05, 0.1) is 17.9 Å². The Kier molecular flexibility index (Phi) is 8.32. The molecule has 0 radical (unpaired) electrons. The molecule has 0 fully saturated rings. The number of nitrogens with zero attached hydrogens (tertiary/aromatic N) is 1. The van der Waals surface area contributed by atoms with Crippen LogP contribution in [0.5, 0.6) is 0 Å². The van der Waals surface area contributed by atoms with Crippen LogP contribution in [-0.2, 0) is 4.74 Å². The van der Waals surface area contributed by atoms with Crippen molar-refractivity contribution >= 4 is 23.3 Å². The Bertz CT molecular complexity index is 708. The molecular formula is C21H30N2O3. The van der Waals surface area contributed by atoms with Crippen LogP contribution in [0.3, 0.4) is 0 Å². The van der Waals surface area contributed by atoms with E-state index < -0.39 is 5.97 Å². The smallest absolute Gasteiger partial charge is 0.341 e. The minimum atomic E-state index is -0.454. The number of pyridine rings is 1. The van der Waals surface area contributed by atoms with Crippen LogP contribution < -0.4 is 0 Å². The van der Waals surface area contributed by atoms with Crippen molar-refractivity contribution in [3.63, 3.8) is 0 Å². The second kappa shape index (κ2) is 10.7. The first kappa shape index (κ1) is 20.1. The SMILES string of the molecule is CCCCCCCC(CC)CCOC(=O)c1c(C=O)[nH]c2ncccc12. The number of rotatable bonds is 12. The summed E-state index contributed by atoms with van der Waals surface area (Å²) in [7, 11) is 0. The molecule has 1 atom stereocenters. The summed E-state index contributed by atoms with van der Waals surface area (Å²) in [4.78, 5) is 30.7. The molecule has 0 saturated heterocycles. The third-order valence-electron chi connectivity index (χ3n) is 4.97. The van der Waals surface area contributed by atoms with Gasteiger partial charge in [-0.15, -0.1) is 0 Å². The summed E-state index contributed by atoms with van der Waals surface area (Å²) < 4.78 is 5.47. The number of ether oxygens (including phenoxy) is 1. The molecule has 0 aliphatic carbocycles. The lowest BCUT2D eigenvalue weighted by atomic mass is 9.95. The van der Waals surface area contributed by atoms with Gasteiger partial charge in [-0.1, -0.05) is 58.8 Å². The number of hydrogen-bond acceptors (Lipinski definition) is 4. The van der Waals surface area contributed by atoms with Gasteiger partial charge in [0.2, 0.25) is 0 Å². The van der Waals surface area contributed by atoms with Gasteiger partial charge in [0.25, 0.3) is 0 Å². The number of aromatic nitrogens is 2. The predicted octanol–water partition coefficient (Wildman–Crippen LogP) is 5.31. The average Bonchev–Trinajstić information content (AvgIpc) is 3.05. The maximum Gasteiger partial charge on any atom is 0.341 e. The summed E-state index contributed by atoms with van der Waals surface area (Å²) in [6.07, 6.45) is 11.8.